The van der Waals surface area contributed by atoms with E-state index in [9.17, 15) is 13.5 Å². The van der Waals surface area contributed by atoms with Gasteiger partial charge in [0.15, 0.2) is 0 Å². The molecule has 0 saturated carbocycles. The highest BCUT2D eigenvalue weighted by molar-refractivity contribution is 7.91. The van der Waals surface area contributed by atoms with Crippen LogP contribution in [0.25, 0.3) is 0 Å². The second-order valence-corrected chi connectivity index (χ2v) is 7.62. The van der Waals surface area contributed by atoms with Gasteiger partial charge in [0.25, 0.3) is 10.0 Å². The fourth-order valence-electron chi connectivity index (χ4n) is 1.65. The quantitative estimate of drug-likeness (QED) is 0.910. The van der Waals surface area contributed by atoms with Gasteiger partial charge in [0.1, 0.15) is 9.96 Å². The number of sulfonamides is 1. The zero-order valence-corrected chi connectivity index (χ0v) is 12.4. The van der Waals surface area contributed by atoms with Crippen molar-refractivity contribution in [1.29, 1.82) is 0 Å². The first-order valence-corrected chi connectivity index (χ1v) is 8.13. The molecule has 0 amide bonds. The predicted molar refractivity (Wildman–Crippen MR) is 76.2 cm³/mol. The van der Waals surface area contributed by atoms with Crippen LogP contribution in [0.2, 0.25) is 4.34 Å². The first-order valence-electron chi connectivity index (χ1n) is 5.46. The van der Waals surface area contributed by atoms with Crippen LogP contribution in [0.1, 0.15) is 18.5 Å². The Hall–Kier alpha value is -1.08. The van der Waals surface area contributed by atoms with Crippen molar-refractivity contribution >= 4 is 33.0 Å². The molecule has 2 aromatic rings. The van der Waals surface area contributed by atoms with Crippen molar-refractivity contribution < 1.29 is 13.5 Å². The van der Waals surface area contributed by atoms with Crippen molar-refractivity contribution in [3.05, 3.63) is 46.3 Å². The van der Waals surface area contributed by atoms with Crippen LogP contribution < -0.4 is 4.72 Å². The fraction of sp³-hybridized carbons (Fsp3) is 0.167. The molecule has 1 heterocycles. The van der Waals surface area contributed by atoms with E-state index in [0.717, 1.165) is 11.3 Å². The van der Waals surface area contributed by atoms with Gasteiger partial charge in [-0.15, -0.1) is 11.3 Å². The Labute approximate surface area is 120 Å². The number of benzene rings is 1. The van der Waals surface area contributed by atoms with Gasteiger partial charge in [-0.2, -0.15) is 0 Å². The number of nitrogens with one attached hydrogen (secondary N) is 1. The molecular formula is C12H12ClNO3S2. The Morgan fingerprint density at radius 1 is 1.26 bits per heavy atom. The number of aromatic hydroxyl groups is 1. The number of para-hydroxylation sites is 1. The molecule has 1 aromatic carbocycles. The van der Waals surface area contributed by atoms with E-state index in [4.69, 9.17) is 11.6 Å². The lowest BCUT2D eigenvalue weighted by Crippen LogP contribution is -2.26. The van der Waals surface area contributed by atoms with E-state index < -0.39 is 16.1 Å². The predicted octanol–water partition coefficient (Wildman–Crippen LogP) is 3.15. The smallest absolute Gasteiger partial charge is 0.250 e. The number of phenolic OH excluding ortho intramolecular Hbond substituents is 1. The summed E-state index contributed by atoms with van der Waals surface area (Å²) in [5, 5.41) is 9.70. The van der Waals surface area contributed by atoms with Crippen LogP contribution in [-0.2, 0) is 10.0 Å². The standard InChI is InChI=1S/C12H12ClNO3S2/c1-8(9-4-2-3-5-10(9)15)14-19(16,17)12-7-6-11(13)18-12/h2-8,14-15H,1H3/t8-/m0/s1. The summed E-state index contributed by atoms with van der Waals surface area (Å²) >= 11 is 6.72. The zero-order chi connectivity index (χ0) is 14.0. The van der Waals surface area contributed by atoms with Crippen LogP contribution in [-0.4, -0.2) is 13.5 Å². The fourth-order valence-corrected chi connectivity index (χ4v) is 4.37. The molecule has 0 radical (unpaired) electrons. The number of rotatable bonds is 4. The summed E-state index contributed by atoms with van der Waals surface area (Å²) in [5.41, 5.74) is 0.522. The largest absolute Gasteiger partial charge is 0.508 e. The highest BCUT2D eigenvalue weighted by Gasteiger charge is 2.21. The zero-order valence-electron chi connectivity index (χ0n) is 10.00. The maximum Gasteiger partial charge on any atom is 0.250 e. The third kappa shape index (κ3) is 3.27. The van der Waals surface area contributed by atoms with Gasteiger partial charge in [-0.3, -0.25) is 0 Å². The molecule has 7 heteroatoms. The summed E-state index contributed by atoms with van der Waals surface area (Å²) < 4.78 is 27.3. The Morgan fingerprint density at radius 3 is 2.53 bits per heavy atom. The molecule has 19 heavy (non-hydrogen) atoms. The van der Waals surface area contributed by atoms with Crippen LogP contribution in [0.4, 0.5) is 0 Å². The minimum atomic E-state index is -3.63. The highest BCUT2D eigenvalue weighted by atomic mass is 35.5. The number of thiophene rings is 1. The summed E-state index contributed by atoms with van der Waals surface area (Å²) in [6, 6.07) is 9.05. The second kappa shape index (κ2) is 5.50. The molecule has 2 N–H and O–H groups in total. The van der Waals surface area contributed by atoms with E-state index in [2.05, 4.69) is 4.72 Å². The van der Waals surface area contributed by atoms with Crippen molar-refractivity contribution in [2.24, 2.45) is 0 Å². The molecule has 1 atom stereocenters. The molecule has 102 valence electrons. The van der Waals surface area contributed by atoms with Gasteiger partial charge >= 0.3 is 0 Å². The first-order chi connectivity index (χ1) is 8.90. The van der Waals surface area contributed by atoms with Gasteiger partial charge in [0.05, 0.1) is 4.34 Å². The number of hydrogen-bond acceptors (Lipinski definition) is 4. The Kier molecular flexibility index (Phi) is 4.15. The molecule has 0 aliphatic carbocycles. The minimum Gasteiger partial charge on any atom is -0.508 e. The average molecular weight is 318 g/mol. The van der Waals surface area contributed by atoms with Gasteiger partial charge in [-0.1, -0.05) is 29.8 Å². The maximum absolute atomic E-state index is 12.1. The Morgan fingerprint density at radius 2 is 1.95 bits per heavy atom. The van der Waals surface area contributed by atoms with Crippen molar-refractivity contribution in [2.75, 3.05) is 0 Å². The van der Waals surface area contributed by atoms with Crippen molar-refractivity contribution in [1.82, 2.24) is 4.72 Å². The van der Waals surface area contributed by atoms with Gasteiger partial charge in [-0.25, -0.2) is 13.1 Å². The normalized spacial score (nSPS) is 13.4. The van der Waals surface area contributed by atoms with Crippen molar-refractivity contribution in [3.8, 4) is 5.75 Å². The second-order valence-electron chi connectivity index (χ2n) is 3.96. The summed E-state index contributed by atoms with van der Waals surface area (Å²) in [5.74, 6) is 0.0573. The van der Waals surface area contributed by atoms with Crippen LogP contribution in [0, 0.1) is 0 Å². The molecule has 0 fully saturated rings. The van der Waals surface area contributed by atoms with Gasteiger partial charge in [0, 0.05) is 11.6 Å². The summed E-state index contributed by atoms with van der Waals surface area (Å²) in [6.07, 6.45) is 0. The number of phenols is 1. The molecule has 0 spiro atoms. The van der Waals surface area contributed by atoms with E-state index in [1.165, 1.54) is 18.2 Å². The molecule has 0 aliphatic rings. The van der Waals surface area contributed by atoms with Crippen molar-refractivity contribution in [3.63, 3.8) is 0 Å². The lowest BCUT2D eigenvalue weighted by atomic mass is 10.1. The summed E-state index contributed by atoms with van der Waals surface area (Å²) in [7, 11) is -3.63. The van der Waals surface area contributed by atoms with E-state index in [-0.39, 0.29) is 9.96 Å². The molecule has 4 nitrogen and oxygen atoms in total. The highest BCUT2D eigenvalue weighted by Crippen LogP contribution is 2.28. The lowest BCUT2D eigenvalue weighted by Gasteiger charge is -2.14. The number of hydrogen-bond donors (Lipinski definition) is 2. The topological polar surface area (TPSA) is 66.4 Å². The monoisotopic (exact) mass is 317 g/mol. The van der Waals surface area contributed by atoms with Crippen LogP contribution in [0.5, 0.6) is 5.75 Å². The average Bonchev–Trinajstić information content (AvgIpc) is 2.76. The third-order valence-electron chi connectivity index (χ3n) is 2.55. The molecule has 0 unspecified atom stereocenters. The van der Waals surface area contributed by atoms with Gasteiger partial charge < -0.3 is 5.11 Å². The van der Waals surface area contributed by atoms with Gasteiger partial charge in [0.2, 0.25) is 0 Å². The molecule has 1 aromatic heterocycles. The minimum absolute atomic E-state index is 0.0573. The molecular weight excluding hydrogens is 306 g/mol. The van der Waals surface area contributed by atoms with Crippen LogP contribution >= 0.6 is 22.9 Å². The van der Waals surface area contributed by atoms with E-state index in [0.29, 0.717) is 9.90 Å². The molecule has 0 saturated heterocycles. The molecule has 2 rings (SSSR count). The Balaban J connectivity index is 2.24. The van der Waals surface area contributed by atoms with E-state index >= 15 is 0 Å². The first kappa shape index (κ1) is 14.3. The van der Waals surface area contributed by atoms with Crippen molar-refractivity contribution in [2.45, 2.75) is 17.2 Å². The van der Waals surface area contributed by atoms with E-state index in [1.54, 1.807) is 25.1 Å². The third-order valence-corrected chi connectivity index (χ3v) is 5.81. The molecule has 0 bridgehead atoms. The Bertz CT molecular complexity index is 682. The maximum atomic E-state index is 12.1. The lowest BCUT2D eigenvalue weighted by molar-refractivity contribution is 0.460. The summed E-state index contributed by atoms with van der Waals surface area (Å²) in [4.78, 5) is 0. The van der Waals surface area contributed by atoms with Crippen LogP contribution in [0.15, 0.2) is 40.6 Å². The van der Waals surface area contributed by atoms with Crippen LogP contribution in [0.3, 0.4) is 0 Å². The molecule has 0 aliphatic heterocycles. The van der Waals surface area contributed by atoms with E-state index in [1.807, 2.05) is 0 Å². The number of halogens is 1. The SMILES string of the molecule is C[C@H](NS(=O)(=O)c1ccc(Cl)s1)c1ccccc1O. The van der Waals surface area contributed by atoms with Gasteiger partial charge in [-0.05, 0) is 25.1 Å². The summed E-state index contributed by atoms with van der Waals surface area (Å²) in [6.45, 7) is 1.67.